The largest absolute Gasteiger partial charge is 0.472 e. The number of hydrogen-bond acceptors (Lipinski definition) is 4. The molecule has 0 saturated carbocycles. The first-order valence-corrected chi connectivity index (χ1v) is 7.63. The predicted octanol–water partition coefficient (Wildman–Crippen LogP) is 1.05. The Morgan fingerprint density at radius 1 is 1.54 bits per heavy atom. The second-order valence-corrected chi connectivity index (χ2v) is 5.57. The third-order valence-electron chi connectivity index (χ3n) is 3.65. The quantitative estimate of drug-likeness (QED) is 0.720. The van der Waals surface area contributed by atoms with E-state index in [2.05, 4.69) is 20.9 Å². The van der Waals surface area contributed by atoms with Crippen LogP contribution in [0.3, 0.4) is 0 Å². The van der Waals surface area contributed by atoms with Gasteiger partial charge in [-0.15, -0.1) is 0 Å². The van der Waals surface area contributed by atoms with Crippen molar-refractivity contribution in [1.29, 1.82) is 0 Å². The molecule has 2 atom stereocenters. The summed E-state index contributed by atoms with van der Waals surface area (Å²) >= 11 is 0. The van der Waals surface area contributed by atoms with Crippen molar-refractivity contribution >= 4 is 11.9 Å². The van der Waals surface area contributed by atoms with E-state index in [-0.39, 0.29) is 24.2 Å². The lowest BCUT2D eigenvalue weighted by atomic mass is 9.94. The number of urea groups is 1. The van der Waals surface area contributed by atoms with E-state index in [0.717, 1.165) is 6.42 Å². The number of alkyl halides is 2. The second-order valence-electron chi connectivity index (χ2n) is 5.57. The molecule has 0 spiro atoms. The first kappa shape index (κ1) is 17.9. The average Bonchev–Trinajstić information content (AvgIpc) is 2.55. The molecule has 3 N–H and O–H groups in total. The molecule has 1 aromatic heterocycles. The van der Waals surface area contributed by atoms with Crippen LogP contribution in [-0.4, -0.2) is 42.5 Å². The molecule has 3 amide bonds. The number of carbonyl (C=O) groups is 2. The number of carbonyl (C=O) groups excluding carboxylic acids is 2. The van der Waals surface area contributed by atoms with Crippen molar-refractivity contribution in [2.75, 3.05) is 13.2 Å². The third-order valence-corrected chi connectivity index (χ3v) is 3.65. The first-order valence-electron chi connectivity index (χ1n) is 7.63. The maximum atomic E-state index is 12.1. The van der Waals surface area contributed by atoms with E-state index in [1.807, 2.05) is 6.92 Å². The minimum atomic E-state index is -2.58. The van der Waals surface area contributed by atoms with Gasteiger partial charge in [0.2, 0.25) is 11.8 Å². The fourth-order valence-corrected chi connectivity index (χ4v) is 2.33. The molecule has 2 heterocycles. The molecule has 2 unspecified atom stereocenters. The molecule has 1 fully saturated rings. The van der Waals surface area contributed by atoms with E-state index in [0.29, 0.717) is 12.1 Å². The van der Waals surface area contributed by atoms with Crippen molar-refractivity contribution in [1.82, 2.24) is 20.9 Å². The van der Waals surface area contributed by atoms with Crippen LogP contribution in [0.4, 0.5) is 13.6 Å². The summed E-state index contributed by atoms with van der Waals surface area (Å²) in [5.41, 5.74) is 0.644. The van der Waals surface area contributed by atoms with Crippen LogP contribution in [0.1, 0.15) is 18.9 Å². The first-order chi connectivity index (χ1) is 11.5. The summed E-state index contributed by atoms with van der Waals surface area (Å²) in [5.74, 6) is -0.0782. The van der Waals surface area contributed by atoms with Crippen LogP contribution in [0, 0.1) is 5.92 Å². The van der Waals surface area contributed by atoms with Crippen molar-refractivity contribution in [3.05, 3.63) is 23.9 Å². The average molecular weight is 342 g/mol. The zero-order valence-corrected chi connectivity index (χ0v) is 13.2. The molecule has 7 nitrogen and oxygen atoms in total. The van der Waals surface area contributed by atoms with Gasteiger partial charge in [-0.25, -0.2) is 18.6 Å². The van der Waals surface area contributed by atoms with Crippen molar-refractivity contribution in [3.8, 4) is 5.88 Å². The Morgan fingerprint density at radius 3 is 3.04 bits per heavy atom. The Balaban J connectivity index is 1.83. The summed E-state index contributed by atoms with van der Waals surface area (Å²) in [4.78, 5) is 27.5. The lowest BCUT2D eigenvalue weighted by molar-refractivity contribution is -0.125. The zero-order valence-electron chi connectivity index (χ0n) is 13.2. The highest BCUT2D eigenvalue weighted by molar-refractivity contribution is 5.87. The number of ether oxygens (including phenoxy) is 1. The number of pyridine rings is 1. The lowest BCUT2D eigenvalue weighted by Gasteiger charge is -2.28. The predicted molar refractivity (Wildman–Crippen MR) is 81.7 cm³/mol. The molecule has 1 saturated heterocycles. The van der Waals surface area contributed by atoms with Crippen LogP contribution in [0.15, 0.2) is 18.3 Å². The molecule has 24 heavy (non-hydrogen) atoms. The van der Waals surface area contributed by atoms with Gasteiger partial charge >= 0.3 is 6.03 Å². The number of amides is 3. The van der Waals surface area contributed by atoms with Gasteiger partial charge in [-0.2, -0.15) is 0 Å². The molecule has 2 rings (SSSR count). The van der Waals surface area contributed by atoms with Gasteiger partial charge in [0.15, 0.2) is 6.61 Å². The van der Waals surface area contributed by atoms with Crippen LogP contribution in [0.25, 0.3) is 0 Å². The monoisotopic (exact) mass is 342 g/mol. The van der Waals surface area contributed by atoms with Gasteiger partial charge in [0.05, 0.1) is 0 Å². The summed E-state index contributed by atoms with van der Waals surface area (Å²) < 4.78 is 29.0. The van der Waals surface area contributed by atoms with Crippen molar-refractivity contribution in [2.24, 2.45) is 5.92 Å². The van der Waals surface area contributed by atoms with E-state index in [4.69, 9.17) is 4.74 Å². The minimum absolute atomic E-state index is 0.0553. The van der Waals surface area contributed by atoms with E-state index in [1.165, 1.54) is 12.3 Å². The van der Waals surface area contributed by atoms with Gasteiger partial charge in [0.25, 0.3) is 6.43 Å². The highest BCUT2D eigenvalue weighted by atomic mass is 19.3. The Kier molecular flexibility index (Phi) is 6.28. The van der Waals surface area contributed by atoms with Crippen molar-refractivity contribution in [3.63, 3.8) is 0 Å². The maximum absolute atomic E-state index is 12.1. The van der Waals surface area contributed by atoms with Gasteiger partial charge in [-0.1, -0.05) is 6.92 Å². The third kappa shape index (κ3) is 5.32. The van der Waals surface area contributed by atoms with Crippen LogP contribution < -0.4 is 20.7 Å². The van der Waals surface area contributed by atoms with Crippen LogP contribution in [0.2, 0.25) is 0 Å². The van der Waals surface area contributed by atoms with Crippen molar-refractivity contribution in [2.45, 2.75) is 32.4 Å². The number of halogens is 2. The Bertz CT molecular complexity index is 586. The Hall–Kier alpha value is -2.45. The van der Waals surface area contributed by atoms with E-state index in [9.17, 15) is 18.4 Å². The molecule has 1 aromatic rings. The van der Waals surface area contributed by atoms with Gasteiger partial charge in [-0.3, -0.25) is 4.79 Å². The fraction of sp³-hybridized carbons (Fsp3) is 0.533. The SMILES string of the molecule is CC1CCNC(=O)C1NC(=O)NCc1ccnc(OCC(F)F)c1. The number of nitrogens with zero attached hydrogens (tertiary/aromatic N) is 1. The summed E-state index contributed by atoms with van der Waals surface area (Å²) in [6, 6.07) is 2.06. The number of piperidine rings is 1. The summed E-state index contributed by atoms with van der Waals surface area (Å²) in [6.07, 6.45) is -0.374. The molecular weight excluding hydrogens is 322 g/mol. The summed E-state index contributed by atoms with van der Waals surface area (Å²) in [7, 11) is 0. The molecule has 0 radical (unpaired) electrons. The summed E-state index contributed by atoms with van der Waals surface area (Å²) in [5, 5.41) is 7.96. The van der Waals surface area contributed by atoms with E-state index in [1.54, 1.807) is 6.07 Å². The van der Waals surface area contributed by atoms with Crippen molar-refractivity contribution < 1.29 is 23.1 Å². The molecule has 1 aliphatic heterocycles. The topological polar surface area (TPSA) is 92.4 Å². The Labute approximate surface area is 138 Å². The van der Waals surface area contributed by atoms with Gasteiger partial charge in [-0.05, 0) is 24.0 Å². The molecule has 1 aliphatic rings. The normalized spacial score (nSPS) is 20.4. The molecule has 0 bridgehead atoms. The minimum Gasteiger partial charge on any atom is -0.472 e. The highest BCUT2D eigenvalue weighted by Crippen LogP contribution is 2.13. The second kappa shape index (κ2) is 8.42. The summed E-state index contributed by atoms with van der Waals surface area (Å²) in [6.45, 7) is 1.93. The number of rotatable bonds is 6. The standard InChI is InChI=1S/C15H20F2N4O3/c1-9-2-4-19-14(22)13(9)21-15(23)20-7-10-3-5-18-12(6-10)24-8-11(16)17/h3,5-6,9,11,13H,2,4,7-8H2,1H3,(H,19,22)(H2,20,21,23). The van der Waals surface area contributed by atoms with Crippen LogP contribution in [-0.2, 0) is 11.3 Å². The maximum Gasteiger partial charge on any atom is 0.315 e. The molecule has 0 aromatic carbocycles. The molecule has 0 aliphatic carbocycles. The number of nitrogens with one attached hydrogen (secondary N) is 3. The number of hydrogen-bond donors (Lipinski definition) is 3. The molecule has 132 valence electrons. The molecular formula is C15H20F2N4O3. The van der Waals surface area contributed by atoms with Gasteiger partial charge < -0.3 is 20.7 Å². The van der Waals surface area contributed by atoms with Gasteiger partial charge in [0, 0.05) is 25.4 Å². The number of aromatic nitrogens is 1. The van der Waals surface area contributed by atoms with E-state index < -0.39 is 25.1 Å². The van der Waals surface area contributed by atoms with E-state index >= 15 is 0 Å². The lowest BCUT2D eigenvalue weighted by Crippen LogP contribution is -2.56. The Morgan fingerprint density at radius 2 is 2.33 bits per heavy atom. The highest BCUT2D eigenvalue weighted by Gasteiger charge is 2.29. The van der Waals surface area contributed by atoms with Crippen LogP contribution >= 0.6 is 0 Å². The zero-order chi connectivity index (χ0) is 17.5. The van der Waals surface area contributed by atoms with Gasteiger partial charge in [0.1, 0.15) is 6.04 Å². The smallest absolute Gasteiger partial charge is 0.315 e. The fourth-order valence-electron chi connectivity index (χ4n) is 2.33. The molecule has 9 heteroatoms. The van der Waals surface area contributed by atoms with Crippen LogP contribution in [0.5, 0.6) is 5.88 Å².